The van der Waals surface area contributed by atoms with E-state index < -0.39 is 0 Å². The SMILES string of the molecule is CN1CCC(CNC(=O)COCc2ccc(-c3cc(NCCCN4CCCCC4)c4cnccc4n3)cc2)CC1. The minimum atomic E-state index is -0.0404. The van der Waals surface area contributed by atoms with E-state index in [1.54, 1.807) is 6.20 Å². The summed E-state index contributed by atoms with van der Waals surface area (Å²) in [5.74, 6) is 0.532. The summed E-state index contributed by atoms with van der Waals surface area (Å²) < 4.78 is 5.70. The van der Waals surface area contributed by atoms with Crippen LogP contribution < -0.4 is 10.6 Å². The van der Waals surface area contributed by atoms with Gasteiger partial charge in [0.25, 0.3) is 0 Å². The van der Waals surface area contributed by atoms with Gasteiger partial charge in [-0.05, 0) is 95.5 Å². The van der Waals surface area contributed by atoms with Gasteiger partial charge in [0, 0.05) is 42.1 Å². The summed E-state index contributed by atoms with van der Waals surface area (Å²) in [5, 5.41) is 7.73. The monoisotopic (exact) mass is 544 g/mol. The highest BCUT2D eigenvalue weighted by Crippen LogP contribution is 2.28. The number of aromatic nitrogens is 2. The second kappa shape index (κ2) is 14.5. The average Bonchev–Trinajstić information content (AvgIpc) is 3.00. The number of benzene rings is 1. The van der Waals surface area contributed by atoms with Gasteiger partial charge in [0.15, 0.2) is 0 Å². The number of nitrogens with one attached hydrogen (secondary N) is 2. The van der Waals surface area contributed by atoms with Gasteiger partial charge in [-0.15, -0.1) is 0 Å². The summed E-state index contributed by atoms with van der Waals surface area (Å²) in [6.45, 7) is 7.98. The van der Waals surface area contributed by atoms with Crippen molar-refractivity contribution < 1.29 is 9.53 Å². The minimum Gasteiger partial charge on any atom is -0.384 e. The van der Waals surface area contributed by atoms with E-state index in [4.69, 9.17) is 9.72 Å². The normalized spacial score (nSPS) is 17.2. The average molecular weight is 545 g/mol. The Morgan fingerprint density at radius 2 is 1.85 bits per heavy atom. The molecule has 2 aliphatic heterocycles. The smallest absolute Gasteiger partial charge is 0.246 e. The van der Waals surface area contributed by atoms with Crippen molar-refractivity contribution in [2.45, 2.75) is 45.1 Å². The maximum Gasteiger partial charge on any atom is 0.246 e. The van der Waals surface area contributed by atoms with E-state index >= 15 is 0 Å². The molecule has 0 unspecified atom stereocenters. The van der Waals surface area contributed by atoms with Crippen molar-refractivity contribution in [2.24, 2.45) is 5.92 Å². The zero-order valence-electron chi connectivity index (χ0n) is 23.9. The first-order chi connectivity index (χ1) is 19.6. The number of hydrogen-bond acceptors (Lipinski definition) is 7. The quantitative estimate of drug-likeness (QED) is 0.324. The Bertz CT molecular complexity index is 1220. The van der Waals surface area contributed by atoms with Gasteiger partial charge < -0.3 is 25.2 Å². The van der Waals surface area contributed by atoms with Crippen molar-refractivity contribution in [1.29, 1.82) is 0 Å². The standard InChI is InChI=1S/C32H44N6O2/c1-37-18-11-25(12-19-37)21-35-32(39)24-40-23-26-6-8-27(9-7-26)30-20-31(28-22-33-14-10-29(28)36-30)34-13-5-17-38-15-3-2-4-16-38/h6-10,14,20,22,25H,2-5,11-13,15-19,21,23-24H2,1H3,(H,34,36)(H,35,39). The van der Waals surface area contributed by atoms with Gasteiger partial charge >= 0.3 is 0 Å². The molecule has 2 N–H and O–H groups in total. The van der Waals surface area contributed by atoms with Gasteiger partial charge in [0.1, 0.15) is 6.61 Å². The molecule has 0 radical (unpaired) electrons. The molecule has 3 aromatic rings. The molecule has 8 heteroatoms. The first kappa shape index (κ1) is 28.5. The third-order valence-electron chi connectivity index (χ3n) is 8.20. The molecule has 1 amide bonds. The van der Waals surface area contributed by atoms with Crippen LogP contribution in [0.3, 0.4) is 0 Å². The molecule has 2 aliphatic rings. The van der Waals surface area contributed by atoms with Crippen LogP contribution in [0.5, 0.6) is 0 Å². The maximum absolute atomic E-state index is 12.2. The van der Waals surface area contributed by atoms with Crippen molar-refractivity contribution in [2.75, 3.05) is 64.8 Å². The van der Waals surface area contributed by atoms with Crippen LogP contribution in [0.25, 0.3) is 22.2 Å². The van der Waals surface area contributed by atoms with E-state index in [9.17, 15) is 4.79 Å². The van der Waals surface area contributed by atoms with Crippen LogP contribution in [-0.2, 0) is 16.1 Å². The molecule has 0 aliphatic carbocycles. The molecule has 4 heterocycles. The number of hydrogen-bond donors (Lipinski definition) is 2. The van der Waals surface area contributed by atoms with Crippen LogP contribution in [0, 0.1) is 5.92 Å². The fourth-order valence-electron chi connectivity index (χ4n) is 5.68. The zero-order valence-corrected chi connectivity index (χ0v) is 23.9. The van der Waals surface area contributed by atoms with Crippen LogP contribution >= 0.6 is 0 Å². The van der Waals surface area contributed by atoms with Crippen LogP contribution in [0.15, 0.2) is 48.8 Å². The molecule has 0 atom stereocenters. The van der Waals surface area contributed by atoms with E-state index in [-0.39, 0.29) is 12.5 Å². The molecule has 5 rings (SSSR count). The number of anilines is 1. The molecule has 8 nitrogen and oxygen atoms in total. The second-order valence-corrected chi connectivity index (χ2v) is 11.4. The fourth-order valence-corrected chi connectivity index (χ4v) is 5.68. The third-order valence-corrected chi connectivity index (χ3v) is 8.20. The second-order valence-electron chi connectivity index (χ2n) is 11.4. The molecule has 0 saturated carbocycles. The minimum absolute atomic E-state index is 0.0404. The lowest BCUT2D eigenvalue weighted by molar-refractivity contribution is -0.126. The van der Waals surface area contributed by atoms with Gasteiger partial charge in [-0.1, -0.05) is 30.7 Å². The molecule has 1 aromatic carbocycles. The maximum atomic E-state index is 12.2. The molecular formula is C32H44N6O2. The van der Waals surface area contributed by atoms with Crippen LogP contribution in [0.4, 0.5) is 5.69 Å². The number of rotatable bonds is 12. The summed E-state index contributed by atoms with van der Waals surface area (Å²) >= 11 is 0. The van der Waals surface area contributed by atoms with Crippen molar-refractivity contribution in [3.63, 3.8) is 0 Å². The fraction of sp³-hybridized carbons (Fsp3) is 0.531. The largest absolute Gasteiger partial charge is 0.384 e. The molecular weight excluding hydrogens is 500 g/mol. The summed E-state index contributed by atoms with van der Waals surface area (Å²) in [6, 6.07) is 12.4. The third kappa shape index (κ3) is 8.22. The Balaban J connectivity index is 1.12. The van der Waals surface area contributed by atoms with E-state index in [2.05, 4.69) is 62.8 Å². The summed E-state index contributed by atoms with van der Waals surface area (Å²) in [5.41, 5.74) is 5.02. The van der Waals surface area contributed by atoms with E-state index in [1.165, 1.54) is 32.4 Å². The van der Waals surface area contributed by atoms with Crippen LogP contribution in [-0.4, -0.2) is 85.1 Å². The van der Waals surface area contributed by atoms with Gasteiger partial charge in [0.2, 0.25) is 5.91 Å². The predicted molar refractivity (Wildman–Crippen MR) is 161 cm³/mol. The summed E-state index contributed by atoms with van der Waals surface area (Å²) in [4.78, 5) is 26.4. The molecule has 214 valence electrons. The summed E-state index contributed by atoms with van der Waals surface area (Å²) in [7, 11) is 2.15. The lowest BCUT2D eigenvalue weighted by atomic mass is 9.97. The number of carbonyl (C=O) groups is 1. The molecule has 0 spiro atoms. The van der Waals surface area contributed by atoms with E-state index in [1.807, 2.05) is 12.3 Å². The van der Waals surface area contributed by atoms with E-state index in [0.29, 0.717) is 12.5 Å². The molecule has 40 heavy (non-hydrogen) atoms. The van der Waals surface area contributed by atoms with Crippen molar-refractivity contribution in [1.82, 2.24) is 25.1 Å². The van der Waals surface area contributed by atoms with E-state index in [0.717, 1.165) is 85.4 Å². The molecule has 2 fully saturated rings. The molecule has 2 aromatic heterocycles. The first-order valence-electron chi connectivity index (χ1n) is 15.0. The highest BCUT2D eigenvalue weighted by Gasteiger charge is 2.17. The lowest BCUT2D eigenvalue weighted by Gasteiger charge is -2.28. The first-order valence-corrected chi connectivity index (χ1v) is 15.0. The Morgan fingerprint density at radius 3 is 2.65 bits per heavy atom. The number of amides is 1. The highest BCUT2D eigenvalue weighted by atomic mass is 16.5. The van der Waals surface area contributed by atoms with Crippen molar-refractivity contribution in [3.8, 4) is 11.3 Å². The summed E-state index contributed by atoms with van der Waals surface area (Å²) in [6.07, 6.45) is 11.1. The van der Waals surface area contributed by atoms with Crippen molar-refractivity contribution >= 4 is 22.5 Å². The predicted octanol–water partition coefficient (Wildman–Crippen LogP) is 4.56. The van der Waals surface area contributed by atoms with Crippen molar-refractivity contribution in [3.05, 3.63) is 54.4 Å². The van der Waals surface area contributed by atoms with Gasteiger partial charge in [0.05, 0.1) is 17.8 Å². The number of fused-ring (bicyclic) bond motifs is 1. The number of likely N-dealkylation sites (tertiary alicyclic amines) is 2. The number of piperidine rings is 2. The highest BCUT2D eigenvalue weighted by molar-refractivity contribution is 5.93. The number of carbonyl (C=O) groups excluding carboxylic acids is 1. The van der Waals surface area contributed by atoms with Crippen LogP contribution in [0.2, 0.25) is 0 Å². The molecule has 2 saturated heterocycles. The van der Waals surface area contributed by atoms with Gasteiger partial charge in [-0.2, -0.15) is 0 Å². The number of pyridine rings is 2. The Labute approximate surface area is 238 Å². The Hall–Kier alpha value is -3.07. The Morgan fingerprint density at radius 1 is 1.05 bits per heavy atom. The molecule has 0 bridgehead atoms. The Kier molecular flexibility index (Phi) is 10.3. The number of nitrogens with zero attached hydrogens (tertiary/aromatic N) is 4. The number of ether oxygens (including phenoxy) is 1. The topological polar surface area (TPSA) is 82.6 Å². The lowest BCUT2D eigenvalue weighted by Crippen LogP contribution is -2.38. The van der Waals surface area contributed by atoms with Gasteiger partial charge in [-0.25, -0.2) is 4.98 Å². The zero-order chi connectivity index (χ0) is 27.6. The van der Waals surface area contributed by atoms with Gasteiger partial charge in [-0.3, -0.25) is 9.78 Å². The van der Waals surface area contributed by atoms with Crippen LogP contribution in [0.1, 0.15) is 44.1 Å².